The van der Waals surface area contributed by atoms with Crippen molar-refractivity contribution in [3.63, 3.8) is 0 Å². The first-order chi connectivity index (χ1) is 15.8. The summed E-state index contributed by atoms with van der Waals surface area (Å²) < 4.78 is 0. The van der Waals surface area contributed by atoms with Gasteiger partial charge in [0, 0.05) is 37.1 Å². The van der Waals surface area contributed by atoms with Crippen LogP contribution in [0.4, 0.5) is 0 Å². The molecule has 1 heterocycles. The SMILES string of the molecule is C=O.CN(C)CCCC(=O)N(C)CCc1ccc(C2=NCCN2)cc1.Cc1ccc(Cl)cc1. The van der Waals surface area contributed by atoms with Crippen LogP contribution in [-0.4, -0.2) is 75.7 Å². The van der Waals surface area contributed by atoms with Gasteiger partial charge in [-0.3, -0.25) is 9.79 Å². The molecule has 0 saturated heterocycles. The van der Waals surface area contributed by atoms with Crippen molar-refractivity contribution in [2.45, 2.75) is 26.2 Å². The van der Waals surface area contributed by atoms with E-state index >= 15 is 0 Å². The maximum atomic E-state index is 12.1. The van der Waals surface area contributed by atoms with Gasteiger partial charge >= 0.3 is 0 Å². The van der Waals surface area contributed by atoms with Crippen molar-refractivity contribution in [1.29, 1.82) is 0 Å². The van der Waals surface area contributed by atoms with E-state index in [9.17, 15) is 4.79 Å². The van der Waals surface area contributed by atoms with Gasteiger partial charge in [-0.05, 0) is 58.1 Å². The summed E-state index contributed by atoms with van der Waals surface area (Å²) in [4.78, 5) is 28.4. The Hall–Kier alpha value is -2.70. The van der Waals surface area contributed by atoms with E-state index in [4.69, 9.17) is 16.4 Å². The summed E-state index contributed by atoms with van der Waals surface area (Å²) in [6.07, 6.45) is 2.43. The number of amidine groups is 1. The smallest absolute Gasteiger partial charge is 0.222 e. The van der Waals surface area contributed by atoms with Crippen molar-refractivity contribution in [1.82, 2.24) is 15.1 Å². The second kappa shape index (κ2) is 16.0. The van der Waals surface area contributed by atoms with Gasteiger partial charge in [0.15, 0.2) is 0 Å². The number of aryl methyl sites for hydroxylation is 1. The third kappa shape index (κ3) is 11.6. The van der Waals surface area contributed by atoms with Crippen LogP contribution in [0.5, 0.6) is 0 Å². The van der Waals surface area contributed by atoms with E-state index in [1.165, 1.54) is 11.1 Å². The fraction of sp³-hybridized carbons (Fsp3) is 0.423. The fourth-order valence-electron chi connectivity index (χ4n) is 3.11. The molecular formula is C26H37ClN4O2. The lowest BCUT2D eigenvalue weighted by atomic mass is 10.1. The van der Waals surface area contributed by atoms with Gasteiger partial charge in [0.25, 0.3) is 0 Å². The highest BCUT2D eigenvalue weighted by atomic mass is 35.5. The van der Waals surface area contributed by atoms with Crippen LogP contribution in [0.2, 0.25) is 5.02 Å². The highest BCUT2D eigenvalue weighted by molar-refractivity contribution is 6.30. The van der Waals surface area contributed by atoms with E-state index in [0.717, 1.165) is 55.4 Å². The van der Waals surface area contributed by atoms with Crippen LogP contribution in [0.15, 0.2) is 53.5 Å². The van der Waals surface area contributed by atoms with E-state index in [-0.39, 0.29) is 5.91 Å². The number of carbonyl (C=O) groups is 2. The van der Waals surface area contributed by atoms with E-state index in [1.807, 2.05) is 64.0 Å². The fourth-order valence-corrected chi connectivity index (χ4v) is 3.24. The zero-order chi connectivity index (χ0) is 24.6. The largest absolute Gasteiger partial charge is 0.368 e. The molecule has 1 aliphatic heterocycles. The maximum Gasteiger partial charge on any atom is 0.222 e. The normalized spacial score (nSPS) is 12.0. The standard InChI is InChI=1S/C18H28N4O.C7H7Cl.CH2O/c1-21(2)13-4-5-17(23)22(3)14-10-15-6-8-16(9-7-15)18-19-11-12-20-18;1-6-2-4-7(8)5-3-6;1-2/h6-9H,4-5,10-14H2,1-3H3,(H,19,20);2-5H,1H3;1H2. The minimum absolute atomic E-state index is 0.230. The Labute approximate surface area is 203 Å². The number of likely N-dealkylation sites (N-methyl/N-ethyl adjacent to an activating group) is 1. The zero-order valence-corrected chi connectivity index (χ0v) is 21.1. The molecular weight excluding hydrogens is 436 g/mol. The lowest BCUT2D eigenvalue weighted by molar-refractivity contribution is -0.130. The van der Waals surface area contributed by atoms with Crippen molar-refractivity contribution < 1.29 is 9.59 Å². The molecule has 2 aromatic rings. The highest BCUT2D eigenvalue weighted by Crippen LogP contribution is 2.09. The summed E-state index contributed by atoms with van der Waals surface area (Å²) in [5.41, 5.74) is 3.63. The summed E-state index contributed by atoms with van der Waals surface area (Å²) in [5.74, 6) is 1.22. The number of hydrogen-bond acceptors (Lipinski definition) is 5. The molecule has 0 bridgehead atoms. The van der Waals surface area contributed by atoms with Crippen LogP contribution in [-0.2, 0) is 16.0 Å². The highest BCUT2D eigenvalue weighted by Gasteiger charge is 2.10. The molecule has 0 unspecified atom stereocenters. The first kappa shape index (κ1) is 28.3. The second-order valence-corrected chi connectivity index (χ2v) is 8.56. The Morgan fingerprint density at radius 3 is 2.18 bits per heavy atom. The predicted octanol–water partition coefficient (Wildman–Crippen LogP) is 3.84. The van der Waals surface area contributed by atoms with Crippen LogP contribution in [0.3, 0.4) is 0 Å². The molecule has 33 heavy (non-hydrogen) atoms. The average Bonchev–Trinajstić information content (AvgIpc) is 3.36. The first-order valence-corrected chi connectivity index (χ1v) is 11.5. The van der Waals surface area contributed by atoms with E-state index < -0.39 is 0 Å². The Morgan fingerprint density at radius 2 is 1.67 bits per heavy atom. The lowest BCUT2D eigenvalue weighted by Gasteiger charge is -2.18. The number of amides is 1. The zero-order valence-electron chi connectivity index (χ0n) is 20.3. The lowest BCUT2D eigenvalue weighted by Crippen LogP contribution is -2.29. The molecule has 1 N–H and O–H groups in total. The molecule has 0 spiro atoms. The van der Waals surface area contributed by atoms with Crippen LogP contribution in [0, 0.1) is 6.92 Å². The van der Waals surface area contributed by atoms with E-state index in [2.05, 4.69) is 39.5 Å². The van der Waals surface area contributed by atoms with Crippen LogP contribution in [0.1, 0.15) is 29.5 Å². The third-order valence-corrected chi connectivity index (χ3v) is 5.32. The molecule has 0 aliphatic carbocycles. The number of rotatable bonds is 8. The molecule has 1 aliphatic rings. The Kier molecular flexibility index (Phi) is 13.7. The maximum absolute atomic E-state index is 12.1. The quantitative estimate of drug-likeness (QED) is 0.633. The summed E-state index contributed by atoms with van der Waals surface area (Å²) >= 11 is 5.61. The Morgan fingerprint density at radius 1 is 1.03 bits per heavy atom. The number of carbonyl (C=O) groups excluding carboxylic acids is 2. The molecule has 2 aromatic carbocycles. The summed E-state index contributed by atoms with van der Waals surface area (Å²) in [7, 11) is 5.96. The molecule has 0 fully saturated rings. The van der Waals surface area contributed by atoms with Gasteiger partial charge in [-0.15, -0.1) is 0 Å². The number of benzene rings is 2. The molecule has 1 amide bonds. The average molecular weight is 473 g/mol. The molecule has 0 saturated carbocycles. The van der Waals surface area contributed by atoms with Crippen LogP contribution < -0.4 is 5.32 Å². The Bertz CT molecular complexity index is 831. The topological polar surface area (TPSA) is 65.0 Å². The number of nitrogens with one attached hydrogen (secondary N) is 1. The molecule has 3 rings (SSSR count). The third-order valence-electron chi connectivity index (χ3n) is 5.07. The van der Waals surface area contributed by atoms with E-state index in [0.29, 0.717) is 6.42 Å². The number of nitrogens with zero attached hydrogens (tertiary/aromatic N) is 3. The number of aliphatic imine (C=N–C) groups is 1. The van der Waals surface area contributed by atoms with Crippen molar-refractivity contribution in [3.05, 3.63) is 70.2 Å². The van der Waals surface area contributed by atoms with Crippen LogP contribution in [0.25, 0.3) is 0 Å². The van der Waals surface area contributed by atoms with E-state index in [1.54, 1.807) is 0 Å². The first-order valence-electron chi connectivity index (χ1n) is 11.1. The Balaban J connectivity index is 0.000000454. The summed E-state index contributed by atoms with van der Waals surface area (Å²) in [6.45, 7) is 7.55. The second-order valence-electron chi connectivity index (χ2n) is 8.12. The monoisotopic (exact) mass is 472 g/mol. The summed E-state index contributed by atoms with van der Waals surface area (Å²) in [6, 6.07) is 16.2. The minimum atomic E-state index is 0.230. The van der Waals surface area contributed by atoms with Gasteiger partial charge < -0.3 is 19.9 Å². The minimum Gasteiger partial charge on any atom is -0.368 e. The molecule has 0 aromatic heterocycles. The number of halogens is 1. The predicted molar refractivity (Wildman–Crippen MR) is 138 cm³/mol. The van der Waals surface area contributed by atoms with Crippen molar-refractivity contribution in [2.75, 3.05) is 47.3 Å². The van der Waals surface area contributed by atoms with Gasteiger partial charge in [0.1, 0.15) is 12.6 Å². The molecule has 0 radical (unpaired) electrons. The van der Waals surface area contributed by atoms with Gasteiger partial charge in [0.05, 0.1) is 6.54 Å². The van der Waals surface area contributed by atoms with Crippen molar-refractivity contribution >= 4 is 30.1 Å². The molecule has 7 heteroatoms. The van der Waals surface area contributed by atoms with Gasteiger partial charge in [-0.25, -0.2) is 0 Å². The van der Waals surface area contributed by atoms with Gasteiger partial charge in [-0.2, -0.15) is 0 Å². The van der Waals surface area contributed by atoms with Crippen LogP contribution >= 0.6 is 11.6 Å². The number of hydrogen-bond donors (Lipinski definition) is 1. The summed E-state index contributed by atoms with van der Waals surface area (Å²) in [5, 5.41) is 4.08. The van der Waals surface area contributed by atoms with Gasteiger partial charge in [0.2, 0.25) is 5.91 Å². The molecule has 6 nitrogen and oxygen atoms in total. The van der Waals surface area contributed by atoms with Crippen molar-refractivity contribution in [3.8, 4) is 0 Å². The van der Waals surface area contributed by atoms with Gasteiger partial charge in [-0.1, -0.05) is 53.6 Å². The molecule has 180 valence electrons. The molecule has 0 atom stereocenters. The van der Waals surface area contributed by atoms with Crippen molar-refractivity contribution in [2.24, 2.45) is 4.99 Å².